The van der Waals surface area contributed by atoms with Gasteiger partial charge in [0.2, 0.25) is 0 Å². The molecule has 8 unspecified atom stereocenters. The van der Waals surface area contributed by atoms with E-state index in [0.29, 0.717) is 34.7 Å². The first kappa shape index (κ1) is 25.4. The number of carbonyl (C=O) groups excluding carboxylic acids is 1. The number of para-hydroxylation sites is 1. The molecule has 4 aliphatic carbocycles. The summed E-state index contributed by atoms with van der Waals surface area (Å²) in [7, 11) is 1.81. The maximum absolute atomic E-state index is 14.5. The minimum Gasteiger partial charge on any atom is -0.390 e. The summed E-state index contributed by atoms with van der Waals surface area (Å²) in [6, 6.07) is 4.77. The molecule has 0 bridgehead atoms. The van der Waals surface area contributed by atoms with Crippen LogP contribution in [0.1, 0.15) is 78.1 Å². The van der Waals surface area contributed by atoms with E-state index in [1.807, 2.05) is 6.92 Å². The molecule has 1 heterocycles. The molecule has 0 aliphatic heterocycles. The molecule has 4 saturated carbocycles. The molecule has 2 aromatic rings. The highest BCUT2D eigenvalue weighted by Gasteiger charge is 2.62. The highest BCUT2D eigenvalue weighted by Crippen LogP contribution is 2.69. The summed E-state index contributed by atoms with van der Waals surface area (Å²) in [6.07, 6.45) is 10.6. The second-order valence-electron chi connectivity index (χ2n) is 13.3. The lowest BCUT2D eigenvalue weighted by Gasteiger charge is -2.63. The van der Waals surface area contributed by atoms with Crippen LogP contribution in [0.4, 0.5) is 4.39 Å². The smallest absolute Gasteiger partial charge is 0.157 e. The van der Waals surface area contributed by atoms with E-state index in [-0.39, 0.29) is 34.9 Å². The topological polar surface area (TPSA) is 77.2 Å². The van der Waals surface area contributed by atoms with Crippen molar-refractivity contribution in [3.63, 3.8) is 0 Å². The summed E-state index contributed by atoms with van der Waals surface area (Å²) in [4.78, 5) is 13.7. The van der Waals surface area contributed by atoms with Gasteiger partial charge >= 0.3 is 0 Å². The molecule has 1 aromatic carbocycles. The van der Waals surface area contributed by atoms with Gasteiger partial charge in [-0.2, -0.15) is 0 Å². The van der Waals surface area contributed by atoms with Gasteiger partial charge in [0.15, 0.2) is 11.6 Å². The van der Waals surface area contributed by atoms with E-state index in [1.165, 1.54) is 23.6 Å². The van der Waals surface area contributed by atoms with Crippen LogP contribution in [-0.2, 0) is 16.1 Å². The zero-order valence-corrected chi connectivity index (χ0v) is 22.6. The molecule has 0 saturated heterocycles. The van der Waals surface area contributed by atoms with Crippen LogP contribution in [0.15, 0.2) is 18.2 Å². The highest BCUT2D eigenvalue weighted by atomic mass is 19.1. The number of methoxy groups -OCH3 is 1. The summed E-state index contributed by atoms with van der Waals surface area (Å²) < 4.78 is 21.6. The number of halogens is 1. The fourth-order valence-corrected chi connectivity index (χ4v) is 9.91. The zero-order valence-electron chi connectivity index (χ0n) is 22.6. The number of hydrogen-bond acceptors (Lipinski definition) is 5. The van der Waals surface area contributed by atoms with Crippen LogP contribution in [0.3, 0.4) is 0 Å². The monoisotopic (exact) mass is 511 g/mol. The molecule has 6 nitrogen and oxygen atoms in total. The number of ketones is 1. The van der Waals surface area contributed by atoms with E-state index in [9.17, 15) is 14.3 Å². The molecule has 8 atom stereocenters. The largest absolute Gasteiger partial charge is 0.390 e. The lowest BCUT2D eigenvalue weighted by atomic mass is 9.42. The Morgan fingerprint density at radius 1 is 1.14 bits per heavy atom. The molecular formula is C30H42FN3O3. The van der Waals surface area contributed by atoms with E-state index in [4.69, 9.17) is 4.74 Å². The van der Waals surface area contributed by atoms with E-state index in [2.05, 4.69) is 17.2 Å². The van der Waals surface area contributed by atoms with Crippen LogP contribution < -0.4 is 0 Å². The Kier molecular flexibility index (Phi) is 6.26. The predicted octanol–water partition coefficient (Wildman–Crippen LogP) is 5.57. The molecule has 0 radical (unpaired) electrons. The third-order valence-electron chi connectivity index (χ3n) is 11.6. The van der Waals surface area contributed by atoms with Gasteiger partial charge in [-0.3, -0.25) is 4.79 Å². The molecule has 0 spiro atoms. The van der Waals surface area contributed by atoms with Gasteiger partial charge in [-0.15, -0.1) is 5.10 Å². The van der Waals surface area contributed by atoms with Crippen LogP contribution in [0, 0.1) is 46.2 Å². The van der Waals surface area contributed by atoms with E-state index < -0.39 is 5.60 Å². The van der Waals surface area contributed by atoms with E-state index in [1.54, 1.807) is 19.2 Å². The number of carbonyl (C=O) groups is 1. The number of ether oxygens (including phenoxy) is 1. The van der Waals surface area contributed by atoms with Gasteiger partial charge < -0.3 is 9.84 Å². The average Bonchev–Trinajstić information content (AvgIpc) is 3.44. The second kappa shape index (κ2) is 9.11. The molecule has 7 heteroatoms. The standard InChI is InChI=1S/C30H42FN3O3/c1-28(36)13-14-30(15-16-37-3)19(17-28)7-8-20-21-9-10-23(29(21,2)12-11-22(20)30)26(35)18-34-27-24(31)5-4-6-25(27)32-33-34/h4-6,19-23,36H,7-18H2,1-3H3. The first-order chi connectivity index (χ1) is 17.7. The molecule has 202 valence electrons. The number of rotatable bonds is 6. The van der Waals surface area contributed by atoms with E-state index in [0.717, 1.165) is 58.0 Å². The van der Waals surface area contributed by atoms with Gasteiger partial charge in [0.25, 0.3) is 0 Å². The lowest BCUT2D eigenvalue weighted by molar-refractivity contribution is -0.163. The Hall–Kier alpha value is -1.86. The highest BCUT2D eigenvalue weighted by molar-refractivity contribution is 5.84. The summed E-state index contributed by atoms with van der Waals surface area (Å²) in [5, 5.41) is 19.1. The Labute approximate surface area is 219 Å². The third-order valence-corrected chi connectivity index (χ3v) is 11.6. The van der Waals surface area contributed by atoms with Gasteiger partial charge in [-0.25, -0.2) is 9.07 Å². The van der Waals surface area contributed by atoms with Crippen molar-refractivity contribution in [3.8, 4) is 0 Å². The van der Waals surface area contributed by atoms with Crippen molar-refractivity contribution in [2.24, 2.45) is 40.4 Å². The van der Waals surface area contributed by atoms with Crippen molar-refractivity contribution >= 4 is 16.8 Å². The third kappa shape index (κ3) is 3.98. The molecule has 1 aromatic heterocycles. The van der Waals surface area contributed by atoms with Crippen molar-refractivity contribution in [2.45, 2.75) is 90.2 Å². The number of hydrogen-bond donors (Lipinski definition) is 1. The summed E-state index contributed by atoms with van der Waals surface area (Å²) in [5.74, 6) is 2.18. The Morgan fingerprint density at radius 2 is 1.97 bits per heavy atom. The number of aromatic nitrogens is 3. The van der Waals surface area contributed by atoms with Crippen LogP contribution >= 0.6 is 0 Å². The fraction of sp³-hybridized carbons (Fsp3) is 0.767. The van der Waals surface area contributed by atoms with Crippen molar-refractivity contribution in [3.05, 3.63) is 24.0 Å². The van der Waals surface area contributed by atoms with Crippen LogP contribution in [0.25, 0.3) is 11.0 Å². The van der Waals surface area contributed by atoms with Crippen molar-refractivity contribution in [2.75, 3.05) is 13.7 Å². The van der Waals surface area contributed by atoms with Gasteiger partial charge in [0.05, 0.1) is 5.60 Å². The molecular weight excluding hydrogens is 469 g/mol. The van der Waals surface area contributed by atoms with E-state index >= 15 is 0 Å². The van der Waals surface area contributed by atoms with Crippen LogP contribution in [0.2, 0.25) is 0 Å². The number of Topliss-reactive ketones (excluding diaryl/α,β-unsaturated/α-hetero) is 1. The SMILES string of the molecule is COCCC12CCC(C)(O)CC1CCC1C3CCC(C(=O)Cn4nnc5cccc(F)c54)C3(C)CCC12. The lowest BCUT2D eigenvalue weighted by Crippen LogP contribution is -2.57. The maximum Gasteiger partial charge on any atom is 0.157 e. The Morgan fingerprint density at radius 3 is 2.78 bits per heavy atom. The van der Waals surface area contributed by atoms with Gasteiger partial charge in [0.1, 0.15) is 17.6 Å². The molecule has 37 heavy (non-hydrogen) atoms. The van der Waals surface area contributed by atoms with Crippen LogP contribution in [-0.4, -0.2) is 45.2 Å². The minimum absolute atomic E-state index is 0.00999. The second-order valence-corrected chi connectivity index (χ2v) is 13.3. The average molecular weight is 512 g/mol. The summed E-state index contributed by atoms with van der Waals surface area (Å²) in [6.45, 7) is 5.26. The number of benzene rings is 1. The minimum atomic E-state index is -0.548. The number of fused-ring (bicyclic) bond motifs is 6. The van der Waals surface area contributed by atoms with Crippen molar-refractivity contribution in [1.82, 2.24) is 15.0 Å². The van der Waals surface area contributed by atoms with Crippen molar-refractivity contribution in [1.29, 1.82) is 0 Å². The van der Waals surface area contributed by atoms with Gasteiger partial charge in [-0.1, -0.05) is 18.2 Å². The first-order valence-corrected chi connectivity index (χ1v) is 14.4. The molecule has 0 amide bonds. The maximum atomic E-state index is 14.5. The normalized spacial score (nSPS) is 41.3. The van der Waals surface area contributed by atoms with Crippen LogP contribution in [0.5, 0.6) is 0 Å². The number of nitrogens with zero attached hydrogens (tertiary/aromatic N) is 3. The Bertz CT molecular complexity index is 1180. The summed E-state index contributed by atoms with van der Waals surface area (Å²) >= 11 is 0. The fourth-order valence-electron chi connectivity index (χ4n) is 9.91. The first-order valence-electron chi connectivity index (χ1n) is 14.4. The number of aliphatic hydroxyl groups is 1. The zero-order chi connectivity index (χ0) is 26.0. The molecule has 4 fully saturated rings. The molecule has 4 aliphatic rings. The van der Waals surface area contributed by atoms with Gasteiger partial charge in [0, 0.05) is 19.6 Å². The summed E-state index contributed by atoms with van der Waals surface area (Å²) in [5.41, 5.74) is 0.511. The van der Waals surface area contributed by atoms with Crippen molar-refractivity contribution < 1.29 is 19.0 Å². The predicted molar refractivity (Wildman–Crippen MR) is 139 cm³/mol. The molecule has 1 N–H and O–H groups in total. The molecule has 6 rings (SSSR count). The Balaban J connectivity index is 1.24. The quantitative estimate of drug-likeness (QED) is 0.549. The van der Waals surface area contributed by atoms with Gasteiger partial charge in [-0.05, 0) is 118 Å².